The van der Waals surface area contributed by atoms with Gasteiger partial charge in [0.15, 0.2) is 0 Å². The minimum absolute atomic E-state index is 0. The van der Waals surface area contributed by atoms with Crippen LogP contribution in [0.25, 0.3) is 66.5 Å². The van der Waals surface area contributed by atoms with E-state index in [1.165, 1.54) is 0 Å². The average Bonchev–Trinajstić information content (AvgIpc) is 3.37. The third-order valence-corrected chi connectivity index (χ3v) is 7.69. The molecule has 0 atom stereocenters. The van der Waals surface area contributed by atoms with Gasteiger partial charge in [0.05, 0.1) is 5.69 Å². The molecule has 0 saturated heterocycles. The Kier molecular flexibility index (Phi) is 6.74. The fraction of sp³-hybridized carbons (Fsp3) is 0. The molecule has 0 radical (unpaired) electrons. The second kappa shape index (κ2) is 10.9. The van der Waals surface area contributed by atoms with Gasteiger partial charge < -0.3 is 4.98 Å². The molecule has 0 aliphatic rings. The number of fused-ring (bicyclic) bond motifs is 4. The average molecular weight is 717 g/mol. The van der Waals surface area contributed by atoms with Crippen molar-refractivity contribution < 1.29 is 21.1 Å². The molecule has 0 spiro atoms. The van der Waals surface area contributed by atoms with Crippen LogP contribution in [0.4, 0.5) is 0 Å². The molecule has 3 nitrogen and oxygen atoms in total. The van der Waals surface area contributed by atoms with Crippen molar-refractivity contribution in [2.45, 2.75) is 0 Å². The van der Waals surface area contributed by atoms with Crippen LogP contribution in [-0.4, -0.2) is 9.97 Å². The van der Waals surface area contributed by atoms with Crippen molar-refractivity contribution in [3.05, 3.63) is 156 Å². The Balaban J connectivity index is 0.00000288. The summed E-state index contributed by atoms with van der Waals surface area (Å²) in [5.41, 5.74) is 3.78. The molecular formula is C38H23N3Pt. The molecule has 8 rings (SSSR count). The summed E-state index contributed by atoms with van der Waals surface area (Å²) in [6, 6.07) is 43.5. The van der Waals surface area contributed by atoms with Gasteiger partial charge in [0.1, 0.15) is 0 Å². The molecule has 200 valence electrons. The predicted molar refractivity (Wildman–Crippen MR) is 169 cm³/mol. The summed E-state index contributed by atoms with van der Waals surface area (Å²) in [5, 5.41) is 10.9. The summed E-state index contributed by atoms with van der Waals surface area (Å²) in [7, 11) is 0. The first-order chi connectivity index (χ1) is 20.3. The second-order valence-electron chi connectivity index (χ2n) is 10.2. The summed E-state index contributed by atoms with van der Waals surface area (Å²) in [5.74, 6) is 0. The van der Waals surface area contributed by atoms with Crippen LogP contribution >= 0.6 is 0 Å². The maximum atomic E-state index is 5.12. The molecule has 0 fully saturated rings. The fourth-order valence-corrected chi connectivity index (χ4v) is 5.70. The van der Waals surface area contributed by atoms with Gasteiger partial charge in [-0.15, -0.1) is 29.1 Å². The summed E-state index contributed by atoms with van der Waals surface area (Å²) in [4.78, 5) is 14.6. The molecule has 3 aromatic heterocycles. The fourth-order valence-electron chi connectivity index (χ4n) is 5.70. The first-order valence-electron chi connectivity index (χ1n) is 13.7. The molecule has 0 saturated carbocycles. The van der Waals surface area contributed by atoms with Crippen LogP contribution in [0, 0.1) is 6.07 Å². The van der Waals surface area contributed by atoms with Gasteiger partial charge in [0.25, 0.3) is 0 Å². The van der Waals surface area contributed by atoms with Crippen molar-refractivity contribution in [3.8, 4) is 11.3 Å². The van der Waals surface area contributed by atoms with E-state index in [4.69, 9.17) is 9.97 Å². The van der Waals surface area contributed by atoms with Gasteiger partial charge in [-0.3, -0.25) is 9.97 Å². The van der Waals surface area contributed by atoms with E-state index >= 15 is 0 Å². The van der Waals surface area contributed by atoms with Crippen LogP contribution in [-0.2, 0) is 21.1 Å². The topological polar surface area (TPSA) is 39.9 Å². The zero-order valence-electron chi connectivity index (χ0n) is 22.4. The number of aromatic nitrogens is 3. The standard InChI is InChI=1S/C38H23N3.Pt/c1-2-12-29-24-40-35(22-27(29)10-1)34-20-25(19-28-11-4-5-13-30(28)34)21-37-32-15-7-8-16-33(32)38(41-37)23-36-31-14-6-3-9-26(31)17-18-39-36;/h1-19,21-24H;/q-2;+2. The molecule has 0 aliphatic heterocycles. The second-order valence-corrected chi connectivity index (χ2v) is 10.2. The monoisotopic (exact) mass is 716 g/mol. The minimum atomic E-state index is 0. The third kappa shape index (κ3) is 4.62. The SMILES string of the molecule is [Pt+2].[c-]1c(C=c2[n-]c(=Cc3nccc4ccccc34)c3ccccc23)cc2ccccc2c1-c1cc2ccccc2cn1. The molecule has 0 bridgehead atoms. The van der Waals surface area contributed by atoms with Crippen LogP contribution < -0.4 is 15.7 Å². The molecule has 3 heterocycles. The normalized spacial score (nSPS) is 12.4. The van der Waals surface area contributed by atoms with E-state index in [0.29, 0.717) is 0 Å². The van der Waals surface area contributed by atoms with Gasteiger partial charge in [-0.05, 0) is 39.1 Å². The quantitative estimate of drug-likeness (QED) is 0.182. The largest absolute Gasteiger partial charge is 2.00 e. The van der Waals surface area contributed by atoms with E-state index < -0.39 is 0 Å². The van der Waals surface area contributed by atoms with Crippen LogP contribution in [0.5, 0.6) is 0 Å². The van der Waals surface area contributed by atoms with Gasteiger partial charge in [-0.1, -0.05) is 119 Å². The Labute approximate surface area is 257 Å². The number of rotatable bonds is 3. The molecule has 0 aliphatic carbocycles. The predicted octanol–water partition coefficient (Wildman–Crippen LogP) is 7.17. The summed E-state index contributed by atoms with van der Waals surface area (Å²) >= 11 is 0. The van der Waals surface area contributed by atoms with E-state index in [1.807, 2.05) is 24.5 Å². The summed E-state index contributed by atoms with van der Waals surface area (Å²) in [6.07, 6.45) is 8.03. The molecule has 8 aromatic rings. The van der Waals surface area contributed by atoms with Crippen molar-refractivity contribution in [1.29, 1.82) is 0 Å². The van der Waals surface area contributed by atoms with Crippen LogP contribution in [0.15, 0.2) is 128 Å². The minimum Gasteiger partial charge on any atom is -0.663 e. The van der Waals surface area contributed by atoms with Gasteiger partial charge in [0.2, 0.25) is 0 Å². The summed E-state index contributed by atoms with van der Waals surface area (Å²) < 4.78 is 0. The van der Waals surface area contributed by atoms with Gasteiger partial charge in [-0.25, -0.2) is 0 Å². The van der Waals surface area contributed by atoms with Crippen molar-refractivity contribution in [1.82, 2.24) is 15.0 Å². The Hall–Kier alpha value is -4.85. The Morgan fingerprint density at radius 3 is 1.95 bits per heavy atom. The van der Waals surface area contributed by atoms with Crippen molar-refractivity contribution >= 4 is 55.2 Å². The first kappa shape index (κ1) is 26.1. The number of hydrogen-bond acceptors (Lipinski definition) is 2. The molecule has 4 heteroatoms. The number of benzene rings is 5. The van der Waals surface area contributed by atoms with Crippen LogP contribution in [0.2, 0.25) is 0 Å². The molecule has 0 amide bonds. The third-order valence-electron chi connectivity index (χ3n) is 7.69. The zero-order chi connectivity index (χ0) is 27.2. The number of pyridine rings is 2. The molecule has 5 aromatic carbocycles. The number of nitrogens with zero attached hydrogens (tertiary/aromatic N) is 3. The number of hydrogen-bond donors (Lipinski definition) is 0. The molecule has 0 unspecified atom stereocenters. The maximum absolute atomic E-state index is 5.12. The first-order valence-corrected chi connectivity index (χ1v) is 13.7. The summed E-state index contributed by atoms with van der Waals surface area (Å²) in [6.45, 7) is 0. The van der Waals surface area contributed by atoms with Gasteiger partial charge in [0, 0.05) is 23.5 Å². The van der Waals surface area contributed by atoms with E-state index in [-0.39, 0.29) is 21.1 Å². The van der Waals surface area contributed by atoms with E-state index in [2.05, 4.69) is 126 Å². The van der Waals surface area contributed by atoms with Gasteiger partial charge >= 0.3 is 21.1 Å². The van der Waals surface area contributed by atoms with Crippen molar-refractivity contribution in [3.63, 3.8) is 0 Å². The van der Waals surface area contributed by atoms with Crippen molar-refractivity contribution in [2.75, 3.05) is 0 Å². The molecular weight excluding hydrogens is 694 g/mol. The van der Waals surface area contributed by atoms with Crippen LogP contribution in [0.3, 0.4) is 0 Å². The van der Waals surface area contributed by atoms with E-state index in [9.17, 15) is 0 Å². The van der Waals surface area contributed by atoms with Crippen LogP contribution in [0.1, 0.15) is 11.3 Å². The smallest absolute Gasteiger partial charge is 0.663 e. The Morgan fingerprint density at radius 2 is 1.17 bits per heavy atom. The van der Waals surface area contributed by atoms with E-state index in [1.54, 1.807) is 0 Å². The van der Waals surface area contributed by atoms with E-state index in [0.717, 1.165) is 76.3 Å². The van der Waals surface area contributed by atoms with Crippen molar-refractivity contribution in [2.24, 2.45) is 0 Å². The molecule has 42 heavy (non-hydrogen) atoms. The Bertz CT molecular complexity index is 2380. The van der Waals surface area contributed by atoms with Gasteiger partial charge in [-0.2, -0.15) is 5.35 Å². The maximum Gasteiger partial charge on any atom is 2.00 e. The molecule has 0 N–H and O–H groups in total. The zero-order valence-corrected chi connectivity index (χ0v) is 24.7. The Morgan fingerprint density at radius 1 is 0.548 bits per heavy atom.